The molecule has 0 bridgehead atoms. The number of rotatable bonds is 6. The first-order valence-corrected chi connectivity index (χ1v) is 8.21. The molecule has 4 nitrogen and oxygen atoms in total. The molecule has 2 N–H and O–H groups in total. The van der Waals surface area contributed by atoms with Crippen molar-refractivity contribution in [2.24, 2.45) is 5.92 Å². The van der Waals surface area contributed by atoms with E-state index in [2.05, 4.69) is 29.5 Å². The zero-order chi connectivity index (χ0) is 15.1. The van der Waals surface area contributed by atoms with Gasteiger partial charge in [0.2, 0.25) is 0 Å². The lowest BCUT2D eigenvalue weighted by Crippen LogP contribution is -2.38. The lowest BCUT2D eigenvalue weighted by molar-refractivity contribution is 0.0919. The van der Waals surface area contributed by atoms with Crippen LogP contribution in [0.3, 0.4) is 0 Å². The Hall–Kier alpha value is -1.58. The zero-order valence-corrected chi connectivity index (χ0v) is 13.2. The van der Waals surface area contributed by atoms with E-state index in [1.54, 1.807) is 12.3 Å². The molecule has 0 aliphatic heterocycles. The Balaban J connectivity index is 1.92. The summed E-state index contributed by atoms with van der Waals surface area (Å²) in [5.74, 6) is 1.41. The second kappa shape index (κ2) is 8.01. The molecule has 0 spiro atoms. The zero-order valence-electron chi connectivity index (χ0n) is 13.2. The first-order valence-electron chi connectivity index (χ1n) is 8.21. The van der Waals surface area contributed by atoms with E-state index in [4.69, 9.17) is 0 Å². The first-order chi connectivity index (χ1) is 10.2. The number of pyridine rings is 1. The number of nitrogens with one attached hydrogen (secondary N) is 2. The Labute approximate surface area is 127 Å². The second-order valence-electron chi connectivity index (χ2n) is 6.02. The van der Waals surface area contributed by atoms with Gasteiger partial charge in [0.25, 0.3) is 5.91 Å². The van der Waals surface area contributed by atoms with Gasteiger partial charge in [-0.25, -0.2) is 4.98 Å². The molecule has 1 amide bonds. The molecule has 0 saturated heterocycles. The van der Waals surface area contributed by atoms with Crippen LogP contribution in [0.2, 0.25) is 0 Å². The van der Waals surface area contributed by atoms with Crippen LogP contribution >= 0.6 is 0 Å². The summed E-state index contributed by atoms with van der Waals surface area (Å²) in [6.07, 6.45) is 9.14. The van der Waals surface area contributed by atoms with Gasteiger partial charge in [0, 0.05) is 24.3 Å². The molecule has 1 unspecified atom stereocenters. The maximum Gasteiger partial charge on any atom is 0.251 e. The van der Waals surface area contributed by atoms with Crippen LogP contribution < -0.4 is 10.6 Å². The van der Waals surface area contributed by atoms with Crippen LogP contribution in [0.25, 0.3) is 0 Å². The van der Waals surface area contributed by atoms with E-state index < -0.39 is 0 Å². The van der Waals surface area contributed by atoms with Crippen molar-refractivity contribution in [1.82, 2.24) is 10.3 Å². The quantitative estimate of drug-likeness (QED) is 0.841. The molecular formula is C17H27N3O. The summed E-state index contributed by atoms with van der Waals surface area (Å²) in [7, 11) is 0. The van der Waals surface area contributed by atoms with Gasteiger partial charge in [-0.15, -0.1) is 0 Å². The maximum absolute atomic E-state index is 12.4. The number of nitrogens with zero attached hydrogens (tertiary/aromatic N) is 1. The average molecular weight is 289 g/mol. The first kappa shape index (κ1) is 15.8. The molecule has 1 fully saturated rings. The van der Waals surface area contributed by atoms with Crippen LogP contribution in [0.5, 0.6) is 0 Å². The van der Waals surface area contributed by atoms with E-state index in [1.807, 2.05) is 6.07 Å². The number of aromatic nitrogens is 1. The van der Waals surface area contributed by atoms with E-state index in [-0.39, 0.29) is 11.9 Å². The van der Waals surface area contributed by atoms with Crippen LogP contribution in [0.1, 0.15) is 62.7 Å². The van der Waals surface area contributed by atoms with Crippen LogP contribution in [0, 0.1) is 5.92 Å². The molecule has 1 aromatic heterocycles. The molecule has 0 radical (unpaired) electrons. The van der Waals surface area contributed by atoms with Crippen molar-refractivity contribution in [3.05, 3.63) is 23.9 Å². The van der Waals surface area contributed by atoms with Gasteiger partial charge in [-0.3, -0.25) is 4.79 Å². The topological polar surface area (TPSA) is 54.0 Å². The number of anilines is 1. The van der Waals surface area contributed by atoms with Crippen molar-refractivity contribution in [2.45, 2.75) is 58.4 Å². The summed E-state index contributed by atoms with van der Waals surface area (Å²) in [6, 6.07) is 3.86. The fourth-order valence-electron chi connectivity index (χ4n) is 2.96. The summed E-state index contributed by atoms with van der Waals surface area (Å²) in [6.45, 7) is 5.11. The highest BCUT2D eigenvalue weighted by Crippen LogP contribution is 2.26. The van der Waals surface area contributed by atoms with E-state index in [0.717, 1.165) is 18.8 Å². The Morgan fingerprint density at radius 1 is 1.38 bits per heavy atom. The average Bonchev–Trinajstić information content (AvgIpc) is 2.54. The van der Waals surface area contributed by atoms with E-state index in [9.17, 15) is 4.79 Å². The van der Waals surface area contributed by atoms with Gasteiger partial charge in [-0.2, -0.15) is 0 Å². The van der Waals surface area contributed by atoms with E-state index >= 15 is 0 Å². The standard InChI is InChI=1S/C17H27N3O/c1-3-10-18-16-12-15(9-11-19-16)17(21)20-13(2)14-7-5-4-6-8-14/h9,11-14H,3-8,10H2,1-2H3,(H,18,19)(H,20,21). The smallest absolute Gasteiger partial charge is 0.251 e. The number of amides is 1. The van der Waals surface area contributed by atoms with Crippen LogP contribution in [-0.4, -0.2) is 23.5 Å². The van der Waals surface area contributed by atoms with E-state index in [0.29, 0.717) is 11.5 Å². The second-order valence-corrected chi connectivity index (χ2v) is 6.02. The highest BCUT2D eigenvalue weighted by atomic mass is 16.1. The highest BCUT2D eigenvalue weighted by molar-refractivity contribution is 5.94. The fraction of sp³-hybridized carbons (Fsp3) is 0.647. The van der Waals surface area contributed by atoms with E-state index in [1.165, 1.54) is 32.1 Å². The van der Waals surface area contributed by atoms with Crippen molar-refractivity contribution in [2.75, 3.05) is 11.9 Å². The predicted octanol–water partition coefficient (Wildman–Crippen LogP) is 3.60. The molecule has 1 saturated carbocycles. The summed E-state index contributed by atoms with van der Waals surface area (Å²) in [5.41, 5.74) is 0.686. The normalized spacial score (nSPS) is 17.2. The van der Waals surface area contributed by atoms with Gasteiger partial charge < -0.3 is 10.6 Å². The van der Waals surface area contributed by atoms with Gasteiger partial charge >= 0.3 is 0 Å². The molecule has 2 rings (SSSR count). The van der Waals surface area contributed by atoms with Crippen molar-refractivity contribution in [3.8, 4) is 0 Å². The molecule has 1 aliphatic rings. The third kappa shape index (κ3) is 4.73. The van der Waals surface area contributed by atoms with Crippen molar-refractivity contribution >= 4 is 11.7 Å². The van der Waals surface area contributed by atoms with Gasteiger partial charge in [0.1, 0.15) is 5.82 Å². The summed E-state index contributed by atoms with van der Waals surface area (Å²) in [5, 5.41) is 6.37. The molecule has 21 heavy (non-hydrogen) atoms. The van der Waals surface area contributed by atoms with Crippen LogP contribution in [0.4, 0.5) is 5.82 Å². The summed E-state index contributed by atoms with van der Waals surface area (Å²) < 4.78 is 0. The number of carbonyl (C=O) groups is 1. The maximum atomic E-state index is 12.4. The summed E-state index contributed by atoms with van der Waals surface area (Å²) >= 11 is 0. The monoisotopic (exact) mass is 289 g/mol. The lowest BCUT2D eigenvalue weighted by Gasteiger charge is -2.28. The molecule has 4 heteroatoms. The van der Waals surface area contributed by atoms with Crippen molar-refractivity contribution < 1.29 is 4.79 Å². The van der Waals surface area contributed by atoms with Crippen molar-refractivity contribution in [1.29, 1.82) is 0 Å². The van der Waals surface area contributed by atoms with Crippen molar-refractivity contribution in [3.63, 3.8) is 0 Å². The Morgan fingerprint density at radius 2 is 2.14 bits per heavy atom. The van der Waals surface area contributed by atoms with Gasteiger partial charge in [-0.1, -0.05) is 26.2 Å². The van der Waals surface area contributed by atoms with Gasteiger partial charge in [-0.05, 0) is 44.2 Å². The molecule has 0 aromatic carbocycles. The lowest BCUT2D eigenvalue weighted by atomic mass is 9.84. The van der Waals surface area contributed by atoms with Gasteiger partial charge in [0.05, 0.1) is 0 Å². The van der Waals surface area contributed by atoms with Crippen LogP contribution in [0.15, 0.2) is 18.3 Å². The minimum Gasteiger partial charge on any atom is -0.370 e. The Morgan fingerprint density at radius 3 is 2.86 bits per heavy atom. The molecule has 1 heterocycles. The molecule has 116 valence electrons. The van der Waals surface area contributed by atoms with Crippen LogP contribution in [-0.2, 0) is 0 Å². The SMILES string of the molecule is CCCNc1cc(C(=O)NC(C)C2CCCCC2)ccn1. The third-order valence-electron chi connectivity index (χ3n) is 4.29. The molecule has 1 atom stereocenters. The van der Waals surface area contributed by atoms with Gasteiger partial charge in [0.15, 0.2) is 0 Å². The predicted molar refractivity (Wildman–Crippen MR) is 86.5 cm³/mol. The largest absolute Gasteiger partial charge is 0.370 e. The summed E-state index contributed by atoms with van der Waals surface area (Å²) in [4.78, 5) is 16.6. The number of hydrogen-bond donors (Lipinski definition) is 2. The Kier molecular flexibility index (Phi) is 6.03. The highest BCUT2D eigenvalue weighted by Gasteiger charge is 2.21. The number of carbonyl (C=O) groups excluding carboxylic acids is 1. The molecular weight excluding hydrogens is 262 g/mol. The number of hydrogen-bond acceptors (Lipinski definition) is 3. The fourth-order valence-corrected chi connectivity index (χ4v) is 2.96. The molecule has 1 aromatic rings. The Bertz CT molecular complexity index is 455. The minimum absolute atomic E-state index is 0.00928. The molecule has 1 aliphatic carbocycles. The third-order valence-corrected chi connectivity index (χ3v) is 4.29. The minimum atomic E-state index is 0.00928.